The van der Waals surface area contributed by atoms with Gasteiger partial charge >= 0.3 is 0 Å². The van der Waals surface area contributed by atoms with Crippen molar-refractivity contribution in [3.63, 3.8) is 0 Å². The number of benzene rings is 1. The lowest BCUT2D eigenvalue weighted by Gasteiger charge is -2.20. The van der Waals surface area contributed by atoms with Gasteiger partial charge in [-0.25, -0.2) is 5.01 Å². The maximum Gasteiger partial charge on any atom is 0.240 e. The van der Waals surface area contributed by atoms with E-state index >= 15 is 0 Å². The van der Waals surface area contributed by atoms with Gasteiger partial charge in [0, 0.05) is 13.3 Å². The summed E-state index contributed by atoms with van der Waals surface area (Å²) in [5.74, 6) is 0.112. The highest BCUT2D eigenvalue weighted by Gasteiger charge is 2.31. The highest BCUT2D eigenvalue weighted by atomic mass is 32.1. The average molecular weight is 286 g/mol. The third-order valence-corrected chi connectivity index (χ3v) is 4.21. The molecule has 0 saturated heterocycles. The van der Waals surface area contributed by atoms with Gasteiger partial charge < -0.3 is 5.11 Å². The number of carbonyl (C=O) groups is 1. The maximum absolute atomic E-state index is 11.8. The summed E-state index contributed by atoms with van der Waals surface area (Å²) in [5.41, 5.74) is 1.82. The van der Waals surface area contributed by atoms with Crippen molar-refractivity contribution in [1.29, 1.82) is 0 Å². The number of rotatable bonds is 2. The molecule has 102 valence electrons. The second kappa shape index (κ2) is 5.09. The molecule has 4 nitrogen and oxygen atoms in total. The van der Waals surface area contributed by atoms with Gasteiger partial charge in [0.05, 0.1) is 16.6 Å². The molecule has 0 fully saturated rings. The number of hydrogen-bond donors (Lipinski definition) is 1. The van der Waals surface area contributed by atoms with Gasteiger partial charge in [-0.1, -0.05) is 18.2 Å². The quantitative estimate of drug-likeness (QED) is 0.922. The van der Waals surface area contributed by atoms with Gasteiger partial charge in [0.25, 0.3) is 0 Å². The van der Waals surface area contributed by atoms with Crippen LogP contribution in [-0.4, -0.2) is 21.7 Å². The second-order valence-electron chi connectivity index (χ2n) is 4.70. The Labute approximate surface area is 121 Å². The molecule has 20 heavy (non-hydrogen) atoms. The summed E-state index contributed by atoms with van der Waals surface area (Å²) < 4.78 is 0. The van der Waals surface area contributed by atoms with Crippen molar-refractivity contribution in [3.8, 4) is 5.75 Å². The van der Waals surface area contributed by atoms with E-state index in [-0.39, 0.29) is 17.7 Å². The molecule has 0 radical (unpaired) electrons. The Bertz CT molecular complexity index is 664. The number of phenolic OH excluding ortho intramolecular Hbond substituents is 1. The Balaban J connectivity index is 1.95. The summed E-state index contributed by atoms with van der Waals surface area (Å²) in [6.45, 7) is 1.51. The van der Waals surface area contributed by atoms with Gasteiger partial charge in [-0.15, -0.1) is 11.3 Å². The SMILES string of the molecule is CC(=O)N1N=C(c2cccs2)C[C@@H]1c1cccc(O)c1. The summed E-state index contributed by atoms with van der Waals surface area (Å²) in [5, 5.41) is 17.6. The van der Waals surface area contributed by atoms with Gasteiger partial charge in [-0.05, 0) is 29.1 Å². The zero-order valence-corrected chi connectivity index (χ0v) is 11.8. The second-order valence-corrected chi connectivity index (χ2v) is 5.65. The molecule has 1 aliphatic rings. The number of carbonyl (C=O) groups excluding carboxylic acids is 1. The Morgan fingerprint density at radius 1 is 1.40 bits per heavy atom. The van der Waals surface area contributed by atoms with E-state index < -0.39 is 0 Å². The lowest BCUT2D eigenvalue weighted by Crippen LogP contribution is -2.24. The number of hydrogen-bond acceptors (Lipinski definition) is 4. The largest absolute Gasteiger partial charge is 0.508 e. The normalized spacial score (nSPS) is 18.1. The molecule has 0 bridgehead atoms. The molecule has 2 aromatic rings. The molecule has 3 rings (SSSR count). The Hall–Kier alpha value is -2.14. The van der Waals surface area contributed by atoms with E-state index in [0.717, 1.165) is 16.2 Å². The molecule has 1 N–H and O–H groups in total. The lowest BCUT2D eigenvalue weighted by atomic mass is 10.0. The molecule has 1 atom stereocenters. The van der Waals surface area contributed by atoms with E-state index in [1.165, 1.54) is 11.9 Å². The summed E-state index contributed by atoms with van der Waals surface area (Å²) in [4.78, 5) is 12.9. The van der Waals surface area contributed by atoms with Crippen molar-refractivity contribution < 1.29 is 9.90 Å². The minimum absolute atomic E-state index is 0.0927. The van der Waals surface area contributed by atoms with Crippen LogP contribution in [0.3, 0.4) is 0 Å². The van der Waals surface area contributed by atoms with Crippen LogP contribution in [-0.2, 0) is 4.79 Å². The molecular weight excluding hydrogens is 272 g/mol. The van der Waals surface area contributed by atoms with Crippen LogP contribution in [0, 0.1) is 0 Å². The molecular formula is C15H14N2O2S. The van der Waals surface area contributed by atoms with Crippen LogP contribution in [0.15, 0.2) is 46.9 Å². The fourth-order valence-electron chi connectivity index (χ4n) is 2.38. The molecule has 1 aromatic heterocycles. The summed E-state index contributed by atoms with van der Waals surface area (Å²) in [6, 6.07) is 10.8. The minimum atomic E-state index is -0.142. The van der Waals surface area contributed by atoms with E-state index in [9.17, 15) is 9.90 Å². The predicted molar refractivity (Wildman–Crippen MR) is 78.8 cm³/mol. The number of thiophene rings is 1. The number of phenols is 1. The van der Waals surface area contributed by atoms with Gasteiger partial charge in [0.2, 0.25) is 5.91 Å². The maximum atomic E-state index is 11.8. The molecule has 1 aliphatic heterocycles. The fraction of sp³-hybridized carbons (Fsp3) is 0.200. The molecule has 0 spiro atoms. The standard InChI is InChI=1S/C15H14N2O2S/c1-10(18)17-14(11-4-2-5-12(19)8-11)9-13(16-17)15-6-3-7-20-15/h2-8,14,19H,9H2,1H3/t14-/m1/s1. The first kappa shape index (κ1) is 12.9. The third kappa shape index (κ3) is 2.32. The molecule has 0 saturated carbocycles. The van der Waals surface area contributed by atoms with Gasteiger partial charge in [-0.3, -0.25) is 4.79 Å². The average Bonchev–Trinajstić information content (AvgIpc) is 3.08. The summed E-state index contributed by atoms with van der Waals surface area (Å²) in [6.07, 6.45) is 0.670. The third-order valence-electron chi connectivity index (χ3n) is 3.29. The first-order chi connectivity index (χ1) is 9.65. The molecule has 0 unspecified atom stereocenters. The number of hydrazone groups is 1. The van der Waals surface area contributed by atoms with Gasteiger partial charge in [-0.2, -0.15) is 5.10 Å². The number of amides is 1. The van der Waals surface area contributed by atoms with Crippen molar-refractivity contribution >= 4 is 23.0 Å². The lowest BCUT2D eigenvalue weighted by molar-refractivity contribution is -0.130. The Morgan fingerprint density at radius 2 is 2.25 bits per heavy atom. The van der Waals surface area contributed by atoms with Crippen molar-refractivity contribution in [2.45, 2.75) is 19.4 Å². The van der Waals surface area contributed by atoms with E-state index in [2.05, 4.69) is 5.10 Å². The molecule has 2 heterocycles. The van der Waals surface area contributed by atoms with E-state index in [4.69, 9.17) is 0 Å². The van der Waals surface area contributed by atoms with Crippen LogP contribution in [0.25, 0.3) is 0 Å². The molecule has 0 aliphatic carbocycles. The minimum Gasteiger partial charge on any atom is -0.508 e. The van der Waals surface area contributed by atoms with Crippen molar-refractivity contribution in [2.24, 2.45) is 5.10 Å². The van der Waals surface area contributed by atoms with Gasteiger partial charge in [0.1, 0.15) is 5.75 Å². The summed E-state index contributed by atoms with van der Waals surface area (Å²) in [7, 11) is 0. The van der Waals surface area contributed by atoms with E-state index in [1.54, 1.807) is 29.5 Å². The van der Waals surface area contributed by atoms with Crippen LogP contribution in [0.5, 0.6) is 5.75 Å². The highest BCUT2D eigenvalue weighted by Crippen LogP contribution is 2.34. The number of aromatic hydroxyl groups is 1. The van der Waals surface area contributed by atoms with Crippen LogP contribution < -0.4 is 0 Å². The predicted octanol–water partition coefficient (Wildman–Crippen LogP) is 3.15. The van der Waals surface area contributed by atoms with Crippen molar-refractivity contribution in [3.05, 3.63) is 52.2 Å². The van der Waals surface area contributed by atoms with E-state index in [0.29, 0.717) is 6.42 Å². The topological polar surface area (TPSA) is 52.9 Å². The highest BCUT2D eigenvalue weighted by molar-refractivity contribution is 7.12. The zero-order chi connectivity index (χ0) is 14.1. The fourth-order valence-corrected chi connectivity index (χ4v) is 3.10. The first-order valence-electron chi connectivity index (χ1n) is 6.35. The van der Waals surface area contributed by atoms with Crippen LogP contribution >= 0.6 is 11.3 Å². The molecule has 5 heteroatoms. The van der Waals surface area contributed by atoms with Crippen molar-refractivity contribution in [1.82, 2.24) is 5.01 Å². The van der Waals surface area contributed by atoms with Gasteiger partial charge in [0.15, 0.2) is 0 Å². The molecule has 1 amide bonds. The first-order valence-corrected chi connectivity index (χ1v) is 7.23. The number of nitrogens with zero attached hydrogens (tertiary/aromatic N) is 2. The zero-order valence-electron chi connectivity index (χ0n) is 11.0. The van der Waals surface area contributed by atoms with Crippen LogP contribution in [0.1, 0.15) is 29.8 Å². The van der Waals surface area contributed by atoms with E-state index in [1.807, 2.05) is 23.6 Å². The summed E-state index contributed by atoms with van der Waals surface area (Å²) >= 11 is 1.62. The molecule has 1 aromatic carbocycles. The Kier molecular flexibility index (Phi) is 3.28. The van der Waals surface area contributed by atoms with Crippen LogP contribution in [0.4, 0.5) is 0 Å². The smallest absolute Gasteiger partial charge is 0.240 e. The Morgan fingerprint density at radius 3 is 2.90 bits per heavy atom. The van der Waals surface area contributed by atoms with Crippen LogP contribution in [0.2, 0.25) is 0 Å². The van der Waals surface area contributed by atoms with Crippen molar-refractivity contribution in [2.75, 3.05) is 0 Å². The monoisotopic (exact) mass is 286 g/mol.